The van der Waals surface area contributed by atoms with E-state index in [1.807, 2.05) is 0 Å². The van der Waals surface area contributed by atoms with Crippen LogP contribution in [-0.4, -0.2) is 17.8 Å². The van der Waals surface area contributed by atoms with Crippen molar-refractivity contribution < 1.29 is 9.53 Å². The van der Waals surface area contributed by atoms with Crippen molar-refractivity contribution in [2.24, 2.45) is 0 Å². The van der Waals surface area contributed by atoms with E-state index in [9.17, 15) is 4.79 Å². The second kappa shape index (κ2) is 6.30. The second-order valence-corrected chi connectivity index (χ2v) is 4.02. The van der Waals surface area contributed by atoms with Gasteiger partial charge >= 0.3 is 5.97 Å². The first-order valence-electron chi connectivity index (χ1n) is 5.13. The SMILES string of the molecule is O=C(CCS)OC1CCCCCC1. The molecule has 0 aromatic rings. The molecule has 0 bridgehead atoms. The van der Waals surface area contributed by atoms with Gasteiger partial charge in [-0.3, -0.25) is 4.79 Å². The summed E-state index contributed by atoms with van der Waals surface area (Å²) in [5, 5.41) is 0. The van der Waals surface area contributed by atoms with Crippen molar-refractivity contribution in [1.82, 2.24) is 0 Å². The number of thiol groups is 1. The van der Waals surface area contributed by atoms with E-state index in [0.717, 1.165) is 12.8 Å². The lowest BCUT2D eigenvalue weighted by molar-refractivity contribution is -0.149. The highest BCUT2D eigenvalue weighted by Gasteiger charge is 2.15. The maximum Gasteiger partial charge on any atom is 0.306 e. The molecule has 1 fully saturated rings. The molecule has 0 atom stereocenters. The van der Waals surface area contributed by atoms with Crippen LogP contribution in [0, 0.1) is 0 Å². The maximum atomic E-state index is 11.2. The van der Waals surface area contributed by atoms with Gasteiger partial charge in [0, 0.05) is 5.75 Å². The van der Waals surface area contributed by atoms with Crippen LogP contribution in [0.2, 0.25) is 0 Å². The van der Waals surface area contributed by atoms with Crippen molar-refractivity contribution in [2.45, 2.75) is 51.0 Å². The summed E-state index contributed by atoms with van der Waals surface area (Å²) in [6, 6.07) is 0. The van der Waals surface area contributed by atoms with Crippen LogP contribution in [0.5, 0.6) is 0 Å². The van der Waals surface area contributed by atoms with Crippen LogP contribution in [0.1, 0.15) is 44.9 Å². The normalized spacial score (nSPS) is 19.5. The van der Waals surface area contributed by atoms with Crippen LogP contribution in [-0.2, 0) is 9.53 Å². The van der Waals surface area contributed by atoms with Gasteiger partial charge in [-0.2, -0.15) is 12.6 Å². The van der Waals surface area contributed by atoms with Crippen LogP contribution < -0.4 is 0 Å². The average Bonchev–Trinajstić information content (AvgIpc) is 2.33. The molecule has 0 aliphatic heterocycles. The van der Waals surface area contributed by atoms with Gasteiger partial charge in [-0.15, -0.1) is 0 Å². The molecule has 3 heteroatoms. The number of ether oxygens (including phenoxy) is 1. The Labute approximate surface area is 85.4 Å². The van der Waals surface area contributed by atoms with E-state index in [0.29, 0.717) is 12.2 Å². The van der Waals surface area contributed by atoms with Gasteiger partial charge < -0.3 is 4.74 Å². The topological polar surface area (TPSA) is 26.3 Å². The fourth-order valence-corrected chi connectivity index (χ4v) is 1.88. The molecular formula is C10H18O2S. The largest absolute Gasteiger partial charge is 0.462 e. The molecule has 1 saturated carbocycles. The number of hydrogen-bond donors (Lipinski definition) is 1. The van der Waals surface area contributed by atoms with Gasteiger partial charge in [0.15, 0.2) is 0 Å². The van der Waals surface area contributed by atoms with E-state index in [-0.39, 0.29) is 12.1 Å². The second-order valence-electron chi connectivity index (χ2n) is 3.58. The van der Waals surface area contributed by atoms with Crippen LogP contribution in [0.4, 0.5) is 0 Å². The highest BCUT2D eigenvalue weighted by Crippen LogP contribution is 2.20. The number of rotatable bonds is 3. The lowest BCUT2D eigenvalue weighted by Gasteiger charge is -2.14. The first-order valence-corrected chi connectivity index (χ1v) is 5.76. The third kappa shape index (κ3) is 4.55. The molecule has 0 saturated heterocycles. The molecule has 0 N–H and O–H groups in total. The summed E-state index contributed by atoms with van der Waals surface area (Å²) in [6.07, 6.45) is 7.74. The van der Waals surface area contributed by atoms with Crippen LogP contribution >= 0.6 is 12.6 Å². The summed E-state index contributed by atoms with van der Waals surface area (Å²) in [6.45, 7) is 0. The third-order valence-corrected chi connectivity index (χ3v) is 2.64. The zero-order valence-electron chi connectivity index (χ0n) is 8.00. The molecule has 0 spiro atoms. The number of esters is 1. The Morgan fingerprint density at radius 2 is 1.85 bits per heavy atom. The van der Waals surface area contributed by atoms with Gasteiger partial charge in [0.05, 0.1) is 6.42 Å². The number of carbonyl (C=O) groups excluding carboxylic acids is 1. The fraction of sp³-hybridized carbons (Fsp3) is 0.900. The Hall–Kier alpha value is -0.180. The minimum atomic E-state index is -0.0816. The van der Waals surface area contributed by atoms with E-state index >= 15 is 0 Å². The molecule has 13 heavy (non-hydrogen) atoms. The molecule has 76 valence electrons. The van der Waals surface area contributed by atoms with Crippen molar-refractivity contribution in [3.8, 4) is 0 Å². The van der Waals surface area contributed by atoms with Crippen LogP contribution in [0.15, 0.2) is 0 Å². The summed E-state index contributed by atoms with van der Waals surface area (Å²) in [7, 11) is 0. The molecule has 0 radical (unpaired) electrons. The van der Waals surface area contributed by atoms with Crippen molar-refractivity contribution in [1.29, 1.82) is 0 Å². The van der Waals surface area contributed by atoms with E-state index in [1.165, 1.54) is 25.7 Å². The Kier molecular flexibility index (Phi) is 5.28. The lowest BCUT2D eigenvalue weighted by atomic mass is 10.1. The summed E-state index contributed by atoms with van der Waals surface area (Å²) >= 11 is 4.00. The van der Waals surface area contributed by atoms with Crippen LogP contribution in [0.3, 0.4) is 0 Å². The van der Waals surface area contributed by atoms with Gasteiger partial charge in [-0.25, -0.2) is 0 Å². The number of hydrogen-bond acceptors (Lipinski definition) is 3. The molecule has 0 aromatic heterocycles. The molecule has 2 nitrogen and oxygen atoms in total. The molecule has 0 amide bonds. The summed E-state index contributed by atoms with van der Waals surface area (Å²) in [4.78, 5) is 11.2. The number of carbonyl (C=O) groups is 1. The molecule has 1 aliphatic carbocycles. The highest BCUT2D eigenvalue weighted by atomic mass is 32.1. The van der Waals surface area contributed by atoms with E-state index in [2.05, 4.69) is 12.6 Å². The molecule has 0 heterocycles. The van der Waals surface area contributed by atoms with Gasteiger partial charge in [0.25, 0.3) is 0 Å². The molecule has 1 aliphatic rings. The fourth-order valence-electron chi connectivity index (χ4n) is 1.70. The highest BCUT2D eigenvalue weighted by molar-refractivity contribution is 7.80. The Balaban J connectivity index is 2.21. The molecular weight excluding hydrogens is 184 g/mol. The summed E-state index contributed by atoms with van der Waals surface area (Å²) in [5.74, 6) is 0.507. The first-order chi connectivity index (χ1) is 6.33. The van der Waals surface area contributed by atoms with Crippen LogP contribution in [0.25, 0.3) is 0 Å². The Bertz CT molecular complexity index is 151. The minimum Gasteiger partial charge on any atom is -0.462 e. The Morgan fingerprint density at radius 3 is 2.38 bits per heavy atom. The van der Waals surface area contributed by atoms with E-state index in [4.69, 9.17) is 4.74 Å². The van der Waals surface area contributed by atoms with Gasteiger partial charge in [-0.05, 0) is 25.7 Å². The monoisotopic (exact) mass is 202 g/mol. The van der Waals surface area contributed by atoms with E-state index < -0.39 is 0 Å². The van der Waals surface area contributed by atoms with Gasteiger partial charge in [0.2, 0.25) is 0 Å². The van der Waals surface area contributed by atoms with Crippen molar-refractivity contribution in [2.75, 3.05) is 5.75 Å². The Morgan fingerprint density at radius 1 is 1.23 bits per heavy atom. The van der Waals surface area contributed by atoms with E-state index in [1.54, 1.807) is 0 Å². The summed E-state index contributed by atoms with van der Waals surface area (Å²) in [5.41, 5.74) is 0. The first kappa shape index (κ1) is 10.9. The molecule has 0 unspecified atom stereocenters. The quantitative estimate of drug-likeness (QED) is 0.432. The molecule has 0 aromatic carbocycles. The predicted octanol–water partition coefficient (Wildman–Crippen LogP) is 2.57. The standard InChI is InChI=1S/C10H18O2S/c11-10(7-8-13)12-9-5-3-1-2-4-6-9/h9,13H,1-8H2. The lowest BCUT2D eigenvalue weighted by Crippen LogP contribution is -2.17. The predicted molar refractivity (Wildman–Crippen MR) is 56.1 cm³/mol. The average molecular weight is 202 g/mol. The third-order valence-electron chi connectivity index (χ3n) is 2.42. The van der Waals surface area contributed by atoms with Gasteiger partial charge in [0.1, 0.15) is 6.10 Å². The van der Waals surface area contributed by atoms with Crippen molar-refractivity contribution in [3.05, 3.63) is 0 Å². The maximum absolute atomic E-state index is 11.2. The molecule has 1 rings (SSSR count). The zero-order valence-corrected chi connectivity index (χ0v) is 8.89. The zero-order chi connectivity index (χ0) is 9.52. The summed E-state index contributed by atoms with van der Waals surface area (Å²) < 4.78 is 5.32. The minimum absolute atomic E-state index is 0.0816. The van der Waals surface area contributed by atoms with Gasteiger partial charge in [-0.1, -0.05) is 12.8 Å². The van der Waals surface area contributed by atoms with Crippen molar-refractivity contribution >= 4 is 18.6 Å². The van der Waals surface area contributed by atoms with Crippen molar-refractivity contribution in [3.63, 3.8) is 0 Å². The smallest absolute Gasteiger partial charge is 0.306 e.